The molecular formula is C16H20N4O. The number of aromatic amines is 1. The summed E-state index contributed by atoms with van der Waals surface area (Å²) in [6, 6.07) is 5.90. The van der Waals surface area contributed by atoms with E-state index < -0.39 is 0 Å². The first-order valence-electron chi connectivity index (χ1n) is 7.41. The average Bonchev–Trinajstić information content (AvgIpc) is 2.95. The van der Waals surface area contributed by atoms with Crippen molar-refractivity contribution in [3.63, 3.8) is 0 Å². The van der Waals surface area contributed by atoms with E-state index >= 15 is 0 Å². The molecular weight excluding hydrogens is 264 g/mol. The van der Waals surface area contributed by atoms with Crippen molar-refractivity contribution in [3.8, 4) is 0 Å². The molecule has 21 heavy (non-hydrogen) atoms. The highest BCUT2D eigenvalue weighted by Crippen LogP contribution is 2.26. The van der Waals surface area contributed by atoms with E-state index in [1.54, 1.807) is 12.4 Å². The van der Waals surface area contributed by atoms with Gasteiger partial charge < -0.3 is 4.90 Å². The molecule has 0 bridgehead atoms. The van der Waals surface area contributed by atoms with Crippen molar-refractivity contribution in [1.29, 1.82) is 0 Å². The maximum atomic E-state index is 12.4. The topological polar surface area (TPSA) is 61.9 Å². The fraction of sp³-hybridized carbons (Fsp3) is 0.438. The first-order chi connectivity index (χ1) is 10.2. The molecule has 1 unspecified atom stereocenters. The van der Waals surface area contributed by atoms with Gasteiger partial charge in [0.2, 0.25) is 5.91 Å². The molecule has 1 atom stereocenters. The minimum Gasteiger partial charge on any atom is -0.342 e. The Labute approximate surface area is 124 Å². The van der Waals surface area contributed by atoms with Gasteiger partial charge in [0.05, 0.1) is 12.1 Å². The van der Waals surface area contributed by atoms with Crippen LogP contribution in [0.1, 0.15) is 35.7 Å². The molecule has 1 saturated heterocycles. The third kappa shape index (κ3) is 3.29. The molecule has 1 aliphatic heterocycles. The molecule has 1 aliphatic rings. The van der Waals surface area contributed by atoms with Crippen molar-refractivity contribution in [2.45, 2.75) is 32.1 Å². The van der Waals surface area contributed by atoms with Crippen LogP contribution in [0.3, 0.4) is 0 Å². The SMILES string of the molecule is Cc1cc(C2CCCN(C(=O)Cc3cccnc3)C2)n[nH]1. The molecule has 3 heterocycles. The lowest BCUT2D eigenvalue weighted by Gasteiger charge is -2.32. The van der Waals surface area contributed by atoms with Gasteiger partial charge in [-0.1, -0.05) is 6.07 Å². The van der Waals surface area contributed by atoms with Gasteiger partial charge in [-0.2, -0.15) is 5.10 Å². The van der Waals surface area contributed by atoms with E-state index in [-0.39, 0.29) is 5.91 Å². The van der Waals surface area contributed by atoms with E-state index in [4.69, 9.17) is 0 Å². The van der Waals surface area contributed by atoms with E-state index in [0.29, 0.717) is 12.3 Å². The van der Waals surface area contributed by atoms with E-state index in [9.17, 15) is 4.79 Å². The maximum Gasteiger partial charge on any atom is 0.227 e. The average molecular weight is 284 g/mol. The van der Waals surface area contributed by atoms with Crippen LogP contribution in [0.25, 0.3) is 0 Å². The molecule has 1 N–H and O–H groups in total. The first-order valence-corrected chi connectivity index (χ1v) is 7.41. The zero-order chi connectivity index (χ0) is 14.7. The number of aromatic nitrogens is 3. The number of hydrogen-bond donors (Lipinski definition) is 1. The Hall–Kier alpha value is -2.17. The number of nitrogens with zero attached hydrogens (tertiary/aromatic N) is 3. The molecule has 0 spiro atoms. The summed E-state index contributed by atoms with van der Waals surface area (Å²) in [6.45, 7) is 3.62. The van der Waals surface area contributed by atoms with Crippen LogP contribution in [0.15, 0.2) is 30.6 Å². The molecule has 3 rings (SSSR count). The Kier molecular flexibility index (Phi) is 3.99. The van der Waals surface area contributed by atoms with Crippen molar-refractivity contribution in [2.24, 2.45) is 0 Å². The Balaban J connectivity index is 1.64. The molecule has 0 saturated carbocycles. The number of carbonyl (C=O) groups is 1. The predicted octanol–water partition coefficient (Wildman–Crippen LogP) is 2.06. The van der Waals surface area contributed by atoms with Gasteiger partial charge in [0.25, 0.3) is 0 Å². The van der Waals surface area contributed by atoms with Gasteiger partial charge in [-0.05, 0) is 37.5 Å². The number of pyridine rings is 1. The van der Waals surface area contributed by atoms with Crippen LogP contribution >= 0.6 is 0 Å². The van der Waals surface area contributed by atoms with Crippen LogP contribution in [0, 0.1) is 6.92 Å². The van der Waals surface area contributed by atoms with Crippen LogP contribution in [-0.4, -0.2) is 39.1 Å². The molecule has 2 aromatic heterocycles. The largest absolute Gasteiger partial charge is 0.342 e. The highest BCUT2D eigenvalue weighted by atomic mass is 16.2. The van der Waals surface area contributed by atoms with Crippen LogP contribution in [0.5, 0.6) is 0 Å². The summed E-state index contributed by atoms with van der Waals surface area (Å²) >= 11 is 0. The van der Waals surface area contributed by atoms with Gasteiger partial charge in [0.1, 0.15) is 0 Å². The van der Waals surface area contributed by atoms with E-state index in [1.807, 2.05) is 24.0 Å². The molecule has 0 aromatic carbocycles. The third-order valence-corrected chi connectivity index (χ3v) is 4.00. The van der Waals surface area contributed by atoms with Crippen LogP contribution in [0.4, 0.5) is 0 Å². The summed E-state index contributed by atoms with van der Waals surface area (Å²) < 4.78 is 0. The fourth-order valence-corrected chi connectivity index (χ4v) is 2.88. The number of carbonyl (C=O) groups excluding carboxylic acids is 1. The van der Waals surface area contributed by atoms with Crippen molar-refractivity contribution < 1.29 is 4.79 Å². The first kappa shape index (κ1) is 13.8. The number of piperidine rings is 1. The zero-order valence-corrected chi connectivity index (χ0v) is 12.2. The monoisotopic (exact) mass is 284 g/mol. The summed E-state index contributed by atoms with van der Waals surface area (Å²) in [5, 5.41) is 7.33. The highest BCUT2D eigenvalue weighted by Gasteiger charge is 2.26. The Morgan fingerprint density at radius 2 is 2.43 bits per heavy atom. The fourth-order valence-electron chi connectivity index (χ4n) is 2.88. The van der Waals surface area contributed by atoms with Gasteiger partial charge in [-0.3, -0.25) is 14.9 Å². The Morgan fingerprint density at radius 1 is 1.52 bits per heavy atom. The molecule has 1 amide bonds. The number of likely N-dealkylation sites (tertiary alicyclic amines) is 1. The van der Waals surface area contributed by atoms with Crippen molar-refractivity contribution in [1.82, 2.24) is 20.1 Å². The Morgan fingerprint density at radius 3 is 3.14 bits per heavy atom. The number of H-pyrrole nitrogens is 1. The van der Waals surface area contributed by atoms with Crippen molar-refractivity contribution in [3.05, 3.63) is 47.5 Å². The molecule has 1 fully saturated rings. The Bertz CT molecular complexity index is 608. The second-order valence-corrected chi connectivity index (χ2v) is 5.69. The maximum absolute atomic E-state index is 12.4. The zero-order valence-electron chi connectivity index (χ0n) is 12.2. The molecule has 5 nitrogen and oxygen atoms in total. The number of aryl methyl sites for hydroxylation is 1. The van der Waals surface area contributed by atoms with Crippen molar-refractivity contribution in [2.75, 3.05) is 13.1 Å². The van der Waals surface area contributed by atoms with Crippen molar-refractivity contribution >= 4 is 5.91 Å². The van der Waals surface area contributed by atoms with Gasteiger partial charge in [-0.15, -0.1) is 0 Å². The summed E-state index contributed by atoms with van der Waals surface area (Å²) in [5.74, 6) is 0.529. The number of rotatable bonds is 3. The van der Waals surface area contributed by atoms with Gasteiger partial charge >= 0.3 is 0 Å². The smallest absolute Gasteiger partial charge is 0.227 e. The third-order valence-electron chi connectivity index (χ3n) is 4.00. The van der Waals surface area contributed by atoms with E-state index in [0.717, 1.165) is 42.9 Å². The molecule has 0 radical (unpaired) electrons. The molecule has 110 valence electrons. The highest BCUT2D eigenvalue weighted by molar-refractivity contribution is 5.78. The summed E-state index contributed by atoms with van der Waals surface area (Å²) in [4.78, 5) is 18.4. The lowest BCUT2D eigenvalue weighted by atomic mass is 9.94. The van der Waals surface area contributed by atoms with Crippen LogP contribution in [0.2, 0.25) is 0 Å². The number of nitrogens with one attached hydrogen (secondary N) is 1. The summed E-state index contributed by atoms with van der Waals surface area (Å²) in [5.41, 5.74) is 3.12. The quantitative estimate of drug-likeness (QED) is 0.938. The normalized spacial score (nSPS) is 18.7. The molecule has 5 heteroatoms. The second-order valence-electron chi connectivity index (χ2n) is 5.69. The minimum atomic E-state index is 0.181. The minimum absolute atomic E-state index is 0.181. The summed E-state index contributed by atoms with van der Waals surface area (Å²) in [7, 11) is 0. The number of hydrogen-bond acceptors (Lipinski definition) is 3. The van der Waals surface area contributed by atoms with Crippen LogP contribution < -0.4 is 0 Å². The van der Waals surface area contributed by atoms with E-state index in [2.05, 4.69) is 21.2 Å². The lowest BCUT2D eigenvalue weighted by Crippen LogP contribution is -2.40. The van der Waals surface area contributed by atoms with Gasteiger partial charge in [-0.25, -0.2) is 0 Å². The second kappa shape index (κ2) is 6.08. The van der Waals surface area contributed by atoms with E-state index in [1.165, 1.54) is 0 Å². The molecule has 0 aliphatic carbocycles. The number of amides is 1. The standard InChI is InChI=1S/C16H20N4O/c1-12-8-15(19-18-12)14-5-3-7-20(11-14)16(21)9-13-4-2-6-17-10-13/h2,4,6,8,10,14H,3,5,7,9,11H2,1H3,(H,18,19). The predicted molar refractivity (Wildman–Crippen MR) is 79.8 cm³/mol. The molecule has 2 aromatic rings. The van der Waals surface area contributed by atoms with Gasteiger partial charge in [0.15, 0.2) is 0 Å². The van der Waals surface area contributed by atoms with Gasteiger partial charge in [0, 0.05) is 37.1 Å². The summed E-state index contributed by atoms with van der Waals surface area (Å²) in [6.07, 6.45) is 6.05. The van der Waals surface area contributed by atoms with Crippen LogP contribution in [-0.2, 0) is 11.2 Å². The lowest BCUT2D eigenvalue weighted by molar-refractivity contribution is -0.131.